The number of hydrogen-bond acceptors (Lipinski definition) is 5. The van der Waals surface area contributed by atoms with E-state index in [4.69, 9.17) is 4.74 Å². The minimum Gasteiger partial charge on any atom is -0.465 e. The average Bonchev–Trinajstić information content (AvgIpc) is 2.67. The summed E-state index contributed by atoms with van der Waals surface area (Å²) in [6, 6.07) is 7.39. The Labute approximate surface area is 142 Å². The molecule has 0 aliphatic carbocycles. The molecular formula is C18H23N4O2+. The van der Waals surface area contributed by atoms with Gasteiger partial charge >= 0.3 is 11.8 Å². The maximum Gasteiger partial charge on any atom is 0.337 e. The van der Waals surface area contributed by atoms with E-state index in [0.717, 1.165) is 49.8 Å². The lowest BCUT2D eigenvalue weighted by Gasteiger charge is -2.28. The van der Waals surface area contributed by atoms with Crippen molar-refractivity contribution in [3.8, 4) is 11.4 Å². The molecule has 0 atom stereocenters. The van der Waals surface area contributed by atoms with Crippen LogP contribution < -0.4 is 14.8 Å². The number of carbonyl (C=O) groups is 1. The summed E-state index contributed by atoms with van der Waals surface area (Å²) in [7, 11) is 1.39. The van der Waals surface area contributed by atoms with Gasteiger partial charge < -0.3 is 15.0 Å². The predicted octanol–water partition coefficient (Wildman–Crippen LogP) is 1.25. The lowest BCUT2D eigenvalue weighted by molar-refractivity contribution is -0.684. The molecule has 1 aromatic carbocycles. The Morgan fingerprint density at radius 3 is 2.88 bits per heavy atom. The van der Waals surface area contributed by atoms with Crippen molar-refractivity contribution < 1.29 is 14.1 Å². The molecule has 126 valence electrons. The first kappa shape index (κ1) is 16.4. The maximum absolute atomic E-state index is 11.8. The van der Waals surface area contributed by atoms with Gasteiger partial charge in [0.15, 0.2) is 6.20 Å². The van der Waals surface area contributed by atoms with Crippen molar-refractivity contribution >= 4 is 11.7 Å². The van der Waals surface area contributed by atoms with Crippen LogP contribution in [0.3, 0.4) is 0 Å². The van der Waals surface area contributed by atoms with Gasteiger partial charge in [-0.1, -0.05) is 6.07 Å². The number of ether oxygens (including phenoxy) is 1. The molecule has 1 N–H and O–H groups in total. The normalized spacial score (nSPS) is 14.5. The molecule has 0 saturated carbocycles. The summed E-state index contributed by atoms with van der Waals surface area (Å²) in [5.74, 6) is 0.513. The number of methoxy groups -OCH3 is 1. The highest BCUT2D eigenvalue weighted by molar-refractivity contribution is 5.90. The Morgan fingerprint density at radius 1 is 1.38 bits per heavy atom. The molecule has 6 nitrogen and oxygen atoms in total. The van der Waals surface area contributed by atoms with Crippen LogP contribution >= 0.6 is 0 Å². The number of aryl methyl sites for hydroxylation is 1. The number of nitrogens with one attached hydrogen (secondary N) is 1. The molecule has 3 rings (SSSR count). The highest BCUT2D eigenvalue weighted by Gasteiger charge is 2.20. The van der Waals surface area contributed by atoms with Crippen LogP contribution in [0.25, 0.3) is 11.4 Å². The van der Waals surface area contributed by atoms with E-state index in [9.17, 15) is 4.79 Å². The number of benzene rings is 1. The zero-order chi connectivity index (χ0) is 16.9. The third-order valence-electron chi connectivity index (χ3n) is 4.24. The SMILES string of the molecule is CC[n+]1cc(N2CCNCC2)cnc1-c1cccc(C(=O)OC)c1. The molecular weight excluding hydrogens is 304 g/mol. The second-order valence-electron chi connectivity index (χ2n) is 5.73. The van der Waals surface area contributed by atoms with Gasteiger partial charge in [0.1, 0.15) is 11.9 Å². The topological polar surface area (TPSA) is 58.3 Å². The summed E-state index contributed by atoms with van der Waals surface area (Å²) in [4.78, 5) is 18.8. The van der Waals surface area contributed by atoms with Crippen LogP contribution in [0.1, 0.15) is 17.3 Å². The monoisotopic (exact) mass is 327 g/mol. The van der Waals surface area contributed by atoms with Crippen molar-refractivity contribution in [3.05, 3.63) is 42.2 Å². The minimum atomic E-state index is -0.336. The van der Waals surface area contributed by atoms with Crippen LogP contribution in [-0.4, -0.2) is 44.2 Å². The zero-order valence-corrected chi connectivity index (χ0v) is 14.2. The number of rotatable bonds is 4. The summed E-state index contributed by atoms with van der Waals surface area (Å²) in [5.41, 5.74) is 2.57. The second kappa shape index (κ2) is 7.40. The average molecular weight is 327 g/mol. The number of carbonyl (C=O) groups excluding carboxylic acids is 1. The molecule has 0 radical (unpaired) electrons. The highest BCUT2D eigenvalue weighted by atomic mass is 16.5. The maximum atomic E-state index is 11.8. The van der Waals surface area contributed by atoms with E-state index in [2.05, 4.69) is 32.9 Å². The number of esters is 1. The highest BCUT2D eigenvalue weighted by Crippen LogP contribution is 2.18. The summed E-state index contributed by atoms with van der Waals surface area (Å²) >= 11 is 0. The van der Waals surface area contributed by atoms with E-state index >= 15 is 0 Å². The lowest BCUT2D eigenvalue weighted by atomic mass is 10.1. The van der Waals surface area contributed by atoms with Crippen molar-refractivity contribution in [3.63, 3.8) is 0 Å². The molecule has 6 heteroatoms. The second-order valence-corrected chi connectivity index (χ2v) is 5.73. The van der Waals surface area contributed by atoms with Crippen molar-refractivity contribution in [2.24, 2.45) is 0 Å². The van der Waals surface area contributed by atoms with Gasteiger partial charge in [0.05, 0.1) is 24.8 Å². The molecule has 24 heavy (non-hydrogen) atoms. The Balaban J connectivity index is 1.94. The molecule has 1 aromatic heterocycles. The van der Waals surface area contributed by atoms with Gasteiger partial charge in [-0.05, 0) is 30.1 Å². The first-order valence-corrected chi connectivity index (χ1v) is 8.27. The van der Waals surface area contributed by atoms with Crippen LogP contribution in [0.5, 0.6) is 0 Å². The van der Waals surface area contributed by atoms with Gasteiger partial charge in [-0.2, -0.15) is 0 Å². The molecule has 0 amide bonds. The van der Waals surface area contributed by atoms with Gasteiger partial charge in [-0.25, -0.2) is 9.36 Å². The first-order chi connectivity index (χ1) is 11.7. The fourth-order valence-electron chi connectivity index (χ4n) is 2.93. The molecule has 1 saturated heterocycles. The molecule has 0 spiro atoms. The number of nitrogens with zero attached hydrogens (tertiary/aromatic N) is 3. The van der Waals surface area contributed by atoms with Crippen molar-refractivity contribution in [1.29, 1.82) is 0 Å². The van der Waals surface area contributed by atoms with Gasteiger partial charge in [0.2, 0.25) is 0 Å². The number of hydrogen-bond donors (Lipinski definition) is 1. The van der Waals surface area contributed by atoms with Crippen LogP contribution in [0.15, 0.2) is 36.7 Å². The number of aromatic nitrogens is 2. The van der Waals surface area contributed by atoms with E-state index < -0.39 is 0 Å². The molecule has 1 aliphatic rings. The van der Waals surface area contributed by atoms with Crippen LogP contribution in [-0.2, 0) is 11.3 Å². The summed E-state index contributed by atoms with van der Waals surface area (Å²) in [6.45, 7) is 6.87. The van der Waals surface area contributed by atoms with E-state index in [1.807, 2.05) is 24.4 Å². The largest absolute Gasteiger partial charge is 0.465 e. The Morgan fingerprint density at radius 2 is 2.17 bits per heavy atom. The van der Waals surface area contributed by atoms with Gasteiger partial charge in [0, 0.05) is 26.2 Å². The van der Waals surface area contributed by atoms with E-state index in [1.165, 1.54) is 7.11 Å². The van der Waals surface area contributed by atoms with Gasteiger partial charge in [0.25, 0.3) is 0 Å². The molecule has 2 aromatic rings. The summed E-state index contributed by atoms with van der Waals surface area (Å²) in [6.07, 6.45) is 4.05. The van der Waals surface area contributed by atoms with Crippen molar-refractivity contribution in [2.45, 2.75) is 13.5 Å². The van der Waals surface area contributed by atoms with E-state index in [1.54, 1.807) is 6.07 Å². The Hall–Kier alpha value is -2.47. The smallest absolute Gasteiger partial charge is 0.337 e. The number of piperazine rings is 1. The minimum absolute atomic E-state index is 0.336. The van der Waals surface area contributed by atoms with Crippen LogP contribution in [0.2, 0.25) is 0 Å². The Kier molecular flexibility index (Phi) is 5.05. The van der Waals surface area contributed by atoms with Gasteiger partial charge in [-0.3, -0.25) is 0 Å². The molecule has 1 aliphatic heterocycles. The molecule has 2 heterocycles. The standard InChI is InChI=1S/C18H23N4O2/c1-3-21-13-16(22-9-7-19-8-10-22)12-20-17(21)14-5-4-6-15(11-14)18(23)24-2/h4-6,11-13,19H,3,7-10H2,1-2H3/q+1. The Bertz CT molecular complexity index is 727. The van der Waals surface area contributed by atoms with Crippen molar-refractivity contribution in [1.82, 2.24) is 10.3 Å². The lowest BCUT2D eigenvalue weighted by Crippen LogP contribution is -2.45. The quantitative estimate of drug-likeness (QED) is 0.677. The van der Waals surface area contributed by atoms with Gasteiger partial charge in [-0.15, -0.1) is 0 Å². The predicted molar refractivity (Wildman–Crippen MR) is 92.0 cm³/mol. The van der Waals surface area contributed by atoms with E-state index in [-0.39, 0.29) is 5.97 Å². The molecule has 0 bridgehead atoms. The fourth-order valence-corrected chi connectivity index (χ4v) is 2.93. The molecule has 0 unspecified atom stereocenters. The van der Waals surface area contributed by atoms with Crippen molar-refractivity contribution in [2.75, 3.05) is 38.2 Å². The fraction of sp³-hybridized carbons (Fsp3) is 0.389. The summed E-state index contributed by atoms with van der Waals surface area (Å²) < 4.78 is 6.92. The zero-order valence-electron chi connectivity index (χ0n) is 14.2. The molecule has 1 fully saturated rings. The first-order valence-electron chi connectivity index (χ1n) is 8.27. The van der Waals surface area contributed by atoms with E-state index in [0.29, 0.717) is 5.56 Å². The summed E-state index contributed by atoms with van der Waals surface area (Å²) in [5, 5.41) is 3.36. The van der Waals surface area contributed by atoms with Crippen LogP contribution in [0.4, 0.5) is 5.69 Å². The van der Waals surface area contributed by atoms with Crippen LogP contribution in [0, 0.1) is 0 Å². The number of anilines is 1. The third-order valence-corrected chi connectivity index (χ3v) is 4.24. The third kappa shape index (κ3) is 3.38.